The molecule has 0 unspecified atom stereocenters. The van der Waals surface area contributed by atoms with Crippen molar-refractivity contribution in [1.82, 2.24) is 4.90 Å². The topological polar surface area (TPSA) is 65.1 Å². The Morgan fingerprint density at radius 3 is 2.80 bits per heavy atom. The molecular weight excluding hydrogens is 276 g/mol. The van der Waals surface area contributed by atoms with Crippen LogP contribution in [0.3, 0.4) is 0 Å². The summed E-state index contributed by atoms with van der Waals surface area (Å²) in [6.07, 6.45) is 2.58. The van der Waals surface area contributed by atoms with E-state index in [-0.39, 0.29) is 5.84 Å². The van der Waals surface area contributed by atoms with Gasteiger partial charge in [0.2, 0.25) is 0 Å². The number of amidine groups is 1. The lowest BCUT2D eigenvalue weighted by Crippen LogP contribution is -2.32. The molecule has 0 radical (unpaired) electrons. The number of hydrogen-bond acceptors (Lipinski definition) is 4. The van der Waals surface area contributed by atoms with E-state index in [1.54, 1.807) is 12.1 Å². The van der Waals surface area contributed by atoms with Gasteiger partial charge in [0.05, 0.1) is 0 Å². The van der Waals surface area contributed by atoms with Gasteiger partial charge in [-0.1, -0.05) is 16.8 Å². The Morgan fingerprint density at radius 2 is 2.15 bits per heavy atom. The first kappa shape index (κ1) is 14.9. The average Bonchev–Trinajstić information content (AvgIpc) is 2.97. The van der Waals surface area contributed by atoms with Gasteiger partial charge in [-0.2, -0.15) is 0 Å². The van der Waals surface area contributed by atoms with Crippen molar-refractivity contribution < 1.29 is 5.21 Å². The molecule has 6 heteroatoms. The van der Waals surface area contributed by atoms with Gasteiger partial charge < -0.3 is 20.7 Å². The minimum absolute atomic E-state index is 0.102. The number of hydrogen-bond donors (Lipinski definition) is 2. The molecule has 0 amide bonds. The lowest BCUT2D eigenvalue weighted by atomic mass is 10.1. The summed E-state index contributed by atoms with van der Waals surface area (Å²) in [5, 5.41) is 12.6. The Labute approximate surface area is 124 Å². The number of benzene rings is 1. The van der Waals surface area contributed by atoms with E-state index in [4.69, 9.17) is 22.5 Å². The standard InChI is InChI=1S/C14H21ClN4O/c1-18(8-9-19-6-2-3-7-19)13-10-11(15)4-5-12(13)14(16)17-20/h4-5,10,20H,2-3,6-9H2,1H3,(H2,16,17). The summed E-state index contributed by atoms with van der Waals surface area (Å²) in [6, 6.07) is 5.37. The van der Waals surface area contributed by atoms with Crippen LogP contribution in [0.1, 0.15) is 18.4 Å². The van der Waals surface area contributed by atoms with E-state index < -0.39 is 0 Å². The molecule has 0 spiro atoms. The largest absolute Gasteiger partial charge is 0.409 e. The highest BCUT2D eigenvalue weighted by Crippen LogP contribution is 2.24. The first-order chi connectivity index (χ1) is 9.61. The molecule has 1 aliphatic rings. The van der Waals surface area contributed by atoms with Crippen molar-refractivity contribution in [2.75, 3.05) is 38.1 Å². The van der Waals surface area contributed by atoms with Gasteiger partial charge in [-0.3, -0.25) is 0 Å². The minimum Gasteiger partial charge on any atom is -0.409 e. The lowest BCUT2D eigenvalue weighted by Gasteiger charge is -2.25. The van der Waals surface area contributed by atoms with Crippen LogP contribution in [0, 0.1) is 0 Å². The average molecular weight is 297 g/mol. The van der Waals surface area contributed by atoms with Crippen molar-refractivity contribution in [1.29, 1.82) is 0 Å². The van der Waals surface area contributed by atoms with Crippen LogP contribution in [-0.2, 0) is 0 Å². The van der Waals surface area contributed by atoms with Gasteiger partial charge in [-0.05, 0) is 44.1 Å². The third-order valence-electron chi connectivity index (χ3n) is 3.71. The third kappa shape index (κ3) is 3.55. The molecule has 0 aromatic heterocycles. The first-order valence-electron chi connectivity index (χ1n) is 6.83. The monoisotopic (exact) mass is 296 g/mol. The number of anilines is 1. The highest BCUT2D eigenvalue weighted by Gasteiger charge is 2.15. The zero-order chi connectivity index (χ0) is 14.5. The van der Waals surface area contributed by atoms with E-state index in [1.807, 2.05) is 13.1 Å². The molecule has 1 aromatic carbocycles. The molecule has 0 atom stereocenters. The summed E-state index contributed by atoms with van der Waals surface area (Å²) in [5.74, 6) is 0.102. The van der Waals surface area contributed by atoms with Gasteiger partial charge in [-0.25, -0.2) is 0 Å². The van der Waals surface area contributed by atoms with Gasteiger partial charge in [0, 0.05) is 36.4 Å². The van der Waals surface area contributed by atoms with Crippen LogP contribution >= 0.6 is 11.6 Å². The number of halogens is 1. The molecule has 1 aromatic rings. The Balaban J connectivity index is 2.10. The number of oxime groups is 1. The number of likely N-dealkylation sites (tertiary alicyclic amines) is 1. The summed E-state index contributed by atoms with van der Waals surface area (Å²) in [4.78, 5) is 4.54. The zero-order valence-corrected chi connectivity index (χ0v) is 12.5. The van der Waals surface area contributed by atoms with Crippen molar-refractivity contribution in [3.63, 3.8) is 0 Å². The van der Waals surface area contributed by atoms with Crippen molar-refractivity contribution in [2.24, 2.45) is 10.9 Å². The molecular formula is C14H21ClN4O. The van der Waals surface area contributed by atoms with E-state index in [0.717, 1.165) is 18.8 Å². The van der Waals surface area contributed by atoms with Gasteiger partial charge in [0.25, 0.3) is 0 Å². The summed E-state index contributed by atoms with van der Waals surface area (Å²) in [6.45, 7) is 4.25. The smallest absolute Gasteiger partial charge is 0.172 e. The predicted molar refractivity (Wildman–Crippen MR) is 82.9 cm³/mol. The predicted octanol–water partition coefficient (Wildman–Crippen LogP) is 1.97. The van der Waals surface area contributed by atoms with Crippen LogP contribution in [0.15, 0.2) is 23.4 Å². The van der Waals surface area contributed by atoms with E-state index in [0.29, 0.717) is 10.6 Å². The van der Waals surface area contributed by atoms with Crippen LogP contribution in [0.25, 0.3) is 0 Å². The molecule has 1 fully saturated rings. The van der Waals surface area contributed by atoms with Crippen LogP contribution < -0.4 is 10.6 Å². The van der Waals surface area contributed by atoms with Crippen molar-refractivity contribution >= 4 is 23.1 Å². The Bertz CT molecular complexity index is 486. The number of nitrogens with two attached hydrogens (primary N) is 1. The maximum atomic E-state index is 8.87. The van der Waals surface area contributed by atoms with Crippen LogP contribution in [0.5, 0.6) is 0 Å². The maximum Gasteiger partial charge on any atom is 0.172 e. The fourth-order valence-corrected chi connectivity index (χ4v) is 2.68. The minimum atomic E-state index is 0.102. The van der Waals surface area contributed by atoms with Gasteiger partial charge >= 0.3 is 0 Å². The lowest BCUT2D eigenvalue weighted by molar-refractivity contribution is 0.318. The van der Waals surface area contributed by atoms with Crippen molar-refractivity contribution in [3.05, 3.63) is 28.8 Å². The SMILES string of the molecule is CN(CCN1CCCC1)c1cc(Cl)ccc1C(N)=NO. The molecule has 1 heterocycles. The summed E-state index contributed by atoms with van der Waals surface area (Å²) in [5.41, 5.74) is 7.30. The van der Waals surface area contributed by atoms with Gasteiger partial charge in [0.15, 0.2) is 5.84 Å². The molecule has 0 bridgehead atoms. The van der Waals surface area contributed by atoms with Gasteiger partial charge in [0.1, 0.15) is 0 Å². The third-order valence-corrected chi connectivity index (χ3v) is 3.94. The molecule has 2 rings (SSSR count). The maximum absolute atomic E-state index is 8.87. The molecule has 20 heavy (non-hydrogen) atoms. The fourth-order valence-electron chi connectivity index (χ4n) is 2.51. The van der Waals surface area contributed by atoms with Crippen molar-refractivity contribution in [2.45, 2.75) is 12.8 Å². The number of rotatable bonds is 5. The first-order valence-corrected chi connectivity index (χ1v) is 7.20. The number of nitrogens with zero attached hydrogens (tertiary/aromatic N) is 3. The second-order valence-corrected chi connectivity index (χ2v) is 5.55. The second kappa shape index (κ2) is 6.81. The van der Waals surface area contributed by atoms with Crippen LogP contribution in [-0.4, -0.2) is 49.2 Å². The summed E-state index contributed by atoms with van der Waals surface area (Å²) < 4.78 is 0. The molecule has 1 aliphatic heterocycles. The molecule has 110 valence electrons. The Hall–Kier alpha value is -1.46. The quantitative estimate of drug-likeness (QED) is 0.377. The van der Waals surface area contributed by atoms with E-state index in [1.165, 1.54) is 25.9 Å². The Kier molecular flexibility index (Phi) is 5.09. The Morgan fingerprint density at radius 1 is 1.45 bits per heavy atom. The van der Waals surface area contributed by atoms with Crippen LogP contribution in [0.2, 0.25) is 5.02 Å². The molecule has 1 saturated heterocycles. The van der Waals surface area contributed by atoms with Gasteiger partial charge in [-0.15, -0.1) is 0 Å². The normalized spacial score (nSPS) is 16.6. The summed E-state index contributed by atoms with van der Waals surface area (Å²) >= 11 is 6.06. The summed E-state index contributed by atoms with van der Waals surface area (Å²) in [7, 11) is 2.00. The molecule has 5 nitrogen and oxygen atoms in total. The number of likely N-dealkylation sites (N-methyl/N-ethyl adjacent to an activating group) is 1. The van der Waals surface area contributed by atoms with Crippen LogP contribution in [0.4, 0.5) is 5.69 Å². The molecule has 3 N–H and O–H groups in total. The van der Waals surface area contributed by atoms with E-state index in [9.17, 15) is 0 Å². The van der Waals surface area contributed by atoms with Crippen molar-refractivity contribution in [3.8, 4) is 0 Å². The highest BCUT2D eigenvalue weighted by molar-refractivity contribution is 6.31. The molecule has 0 aliphatic carbocycles. The highest BCUT2D eigenvalue weighted by atomic mass is 35.5. The fraction of sp³-hybridized carbons (Fsp3) is 0.500. The zero-order valence-electron chi connectivity index (χ0n) is 11.7. The molecule has 0 saturated carbocycles. The second-order valence-electron chi connectivity index (χ2n) is 5.12. The van der Waals surface area contributed by atoms with E-state index in [2.05, 4.69) is 15.0 Å². The van der Waals surface area contributed by atoms with E-state index >= 15 is 0 Å².